The highest BCUT2D eigenvalue weighted by Gasteiger charge is 2.15. The second-order valence-corrected chi connectivity index (χ2v) is 5.04. The van der Waals surface area contributed by atoms with Crippen molar-refractivity contribution in [3.63, 3.8) is 0 Å². The third-order valence-corrected chi connectivity index (χ3v) is 3.05. The molecule has 1 heterocycles. The van der Waals surface area contributed by atoms with Crippen LogP contribution in [0.4, 0.5) is 0 Å². The average Bonchev–Trinajstić information content (AvgIpc) is 2.51. The highest BCUT2D eigenvalue weighted by atomic mass is 79.9. The summed E-state index contributed by atoms with van der Waals surface area (Å²) < 4.78 is 12.3. The molecule has 0 fully saturated rings. The van der Waals surface area contributed by atoms with Crippen molar-refractivity contribution in [1.29, 1.82) is 0 Å². The minimum absolute atomic E-state index is 0.709. The number of rotatable bonds is 3. The summed E-state index contributed by atoms with van der Waals surface area (Å²) in [4.78, 5) is 0. The van der Waals surface area contributed by atoms with E-state index in [1.807, 2.05) is 25.2 Å². The van der Waals surface area contributed by atoms with Crippen LogP contribution >= 0.6 is 15.9 Å². The summed E-state index contributed by atoms with van der Waals surface area (Å²) in [7, 11) is 3.94. The van der Waals surface area contributed by atoms with Crippen LogP contribution in [0.1, 0.15) is 12.0 Å². The highest BCUT2D eigenvalue weighted by Crippen LogP contribution is 2.38. The number of halogens is 1. The molecule has 1 aromatic rings. The van der Waals surface area contributed by atoms with Crippen LogP contribution in [0.5, 0.6) is 11.5 Å². The van der Waals surface area contributed by atoms with E-state index < -0.39 is 0 Å². The summed E-state index contributed by atoms with van der Waals surface area (Å²) in [6, 6.07) is 4.09. The molecule has 0 radical (unpaired) electrons. The second kappa shape index (κ2) is 5.71. The molecule has 1 aliphatic heterocycles. The van der Waals surface area contributed by atoms with Crippen LogP contribution in [0.15, 0.2) is 16.6 Å². The van der Waals surface area contributed by atoms with Gasteiger partial charge in [0.15, 0.2) is 11.5 Å². The number of fused-ring (bicyclic) bond motifs is 1. The lowest BCUT2D eigenvalue weighted by Crippen LogP contribution is -2.29. The molecule has 0 aliphatic carbocycles. The molecule has 0 saturated heterocycles. The molecule has 0 amide bonds. The monoisotopic (exact) mass is 300 g/mol. The lowest BCUT2D eigenvalue weighted by Gasteiger charge is -2.15. The van der Waals surface area contributed by atoms with Crippen molar-refractivity contribution in [3.8, 4) is 11.5 Å². The molecule has 94 valence electrons. The first kappa shape index (κ1) is 12.7. The van der Waals surface area contributed by atoms with Gasteiger partial charge in [0.1, 0.15) is 0 Å². The van der Waals surface area contributed by atoms with E-state index in [0.29, 0.717) is 13.2 Å². The first-order valence-electron chi connectivity index (χ1n) is 5.65. The normalized spacial score (nSPS) is 14.8. The summed E-state index contributed by atoms with van der Waals surface area (Å²) in [6.45, 7) is 2.19. The van der Waals surface area contributed by atoms with Crippen LogP contribution < -0.4 is 14.9 Å². The van der Waals surface area contributed by atoms with Gasteiger partial charge in [0.25, 0.3) is 0 Å². The predicted octanol–water partition coefficient (Wildman–Crippen LogP) is 2.18. The largest absolute Gasteiger partial charge is 0.490 e. The molecule has 4 nitrogen and oxygen atoms in total. The van der Waals surface area contributed by atoms with Gasteiger partial charge >= 0.3 is 0 Å². The number of nitrogens with zero attached hydrogens (tertiary/aromatic N) is 1. The minimum atomic E-state index is 0.709. The zero-order chi connectivity index (χ0) is 12.3. The minimum Gasteiger partial charge on any atom is -0.490 e. The summed E-state index contributed by atoms with van der Waals surface area (Å²) in [5.41, 5.74) is 4.39. The Morgan fingerprint density at radius 2 is 2.06 bits per heavy atom. The fourth-order valence-corrected chi connectivity index (χ4v) is 2.24. The van der Waals surface area contributed by atoms with Crippen LogP contribution in [0, 0.1) is 0 Å². The smallest absolute Gasteiger partial charge is 0.175 e. The molecule has 0 saturated carbocycles. The lowest BCUT2D eigenvalue weighted by atomic mass is 10.2. The van der Waals surface area contributed by atoms with Gasteiger partial charge in [0.05, 0.1) is 17.7 Å². The van der Waals surface area contributed by atoms with Gasteiger partial charge in [-0.15, -0.1) is 0 Å². The first-order chi connectivity index (χ1) is 8.16. The maximum absolute atomic E-state index is 5.68. The van der Waals surface area contributed by atoms with Crippen molar-refractivity contribution in [2.75, 3.05) is 27.3 Å². The van der Waals surface area contributed by atoms with E-state index in [4.69, 9.17) is 9.47 Å². The van der Waals surface area contributed by atoms with Crippen LogP contribution in [-0.2, 0) is 6.54 Å². The Balaban J connectivity index is 2.20. The molecule has 2 rings (SSSR count). The maximum atomic E-state index is 5.68. The number of benzene rings is 1. The van der Waals surface area contributed by atoms with Gasteiger partial charge in [-0.3, -0.25) is 10.4 Å². The quantitative estimate of drug-likeness (QED) is 0.868. The SMILES string of the molecule is CN(C)NCc1cc(Br)c2c(c1)OCCCO2. The van der Waals surface area contributed by atoms with Crippen molar-refractivity contribution in [2.24, 2.45) is 0 Å². The van der Waals surface area contributed by atoms with E-state index >= 15 is 0 Å². The van der Waals surface area contributed by atoms with E-state index in [-0.39, 0.29) is 0 Å². The van der Waals surface area contributed by atoms with Crippen LogP contribution in [0.25, 0.3) is 0 Å². The van der Waals surface area contributed by atoms with Crippen molar-refractivity contribution >= 4 is 15.9 Å². The molecule has 0 atom stereocenters. The number of hydrogen-bond donors (Lipinski definition) is 1. The lowest BCUT2D eigenvalue weighted by molar-refractivity contribution is 0.285. The average molecular weight is 301 g/mol. The zero-order valence-electron chi connectivity index (χ0n) is 10.1. The topological polar surface area (TPSA) is 33.7 Å². The Labute approximate surface area is 110 Å². The van der Waals surface area contributed by atoms with Gasteiger partial charge in [-0.25, -0.2) is 0 Å². The van der Waals surface area contributed by atoms with Gasteiger partial charge in [0.2, 0.25) is 0 Å². The first-order valence-corrected chi connectivity index (χ1v) is 6.45. The molecule has 5 heteroatoms. The Morgan fingerprint density at radius 3 is 2.82 bits per heavy atom. The van der Waals surface area contributed by atoms with Crippen LogP contribution in [0.3, 0.4) is 0 Å². The van der Waals surface area contributed by atoms with E-state index in [9.17, 15) is 0 Å². The standard InChI is InChI=1S/C12H17BrN2O2/c1-15(2)14-8-9-6-10(13)12-11(7-9)16-4-3-5-17-12/h6-7,14H,3-5,8H2,1-2H3. The van der Waals surface area contributed by atoms with E-state index in [0.717, 1.165) is 34.5 Å². The van der Waals surface area contributed by atoms with Crippen molar-refractivity contribution < 1.29 is 9.47 Å². The van der Waals surface area contributed by atoms with Gasteiger partial charge in [0, 0.05) is 27.1 Å². The number of hydrogen-bond acceptors (Lipinski definition) is 4. The van der Waals surface area contributed by atoms with Crippen molar-refractivity contribution in [3.05, 3.63) is 22.2 Å². The van der Waals surface area contributed by atoms with Crippen LogP contribution in [-0.4, -0.2) is 32.3 Å². The van der Waals surface area contributed by atoms with Gasteiger partial charge in [-0.05, 0) is 33.6 Å². The summed E-state index contributed by atoms with van der Waals surface area (Å²) in [5.74, 6) is 1.64. The number of ether oxygens (including phenoxy) is 2. The van der Waals surface area contributed by atoms with E-state index in [2.05, 4.69) is 27.4 Å². The summed E-state index contributed by atoms with van der Waals surface area (Å²) in [5, 5.41) is 1.93. The van der Waals surface area contributed by atoms with Gasteiger partial charge in [-0.1, -0.05) is 0 Å². The molecule has 17 heavy (non-hydrogen) atoms. The fourth-order valence-electron chi connectivity index (χ4n) is 1.64. The third kappa shape index (κ3) is 3.34. The summed E-state index contributed by atoms with van der Waals surface area (Å²) >= 11 is 3.53. The Morgan fingerprint density at radius 1 is 1.29 bits per heavy atom. The Bertz CT molecular complexity index is 396. The maximum Gasteiger partial charge on any atom is 0.175 e. The number of hydrazine groups is 1. The molecule has 1 aromatic carbocycles. The Kier molecular flexibility index (Phi) is 4.25. The molecule has 0 bridgehead atoms. The molecule has 0 unspecified atom stereocenters. The molecular weight excluding hydrogens is 284 g/mol. The summed E-state index contributed by atoms with van der Waals surface area (Å²) in [6.07, 6.45) is 0.923. The van der Waals surface area contributed by atoms with E-state index in [1.165, 1.54) is 0 Å². The fraction of sp³-hybridized carbons (Fsp3) is 0.500. The molecule has 1 N–H and O–H groups in total. The van der Waals surface area contributed by atoms with Crippen molar-refractivity contribution in [1.82, 2.24) is 10.4 Å². The molecule has 0 aromatic heterocycles. The number of nitrogens with one attached hydrogen (secondary N) is 1. The molecule has 0 spiro atoms. The molecular formula is C12H17BrN2O2. The molecule has 1 aliphatic rings. The zero-order valence-corrected chi connectivity index (χ0v) is 11.7. The van der Waals surface area contributed by atoms with E-state index in [1.54, 1.807) is 0 Å². The highest BCUT2D eigenvalue weighted by molar-refractivity contribution is 9.10. The van der Waals surface area contributed by atoms with Crippen molar-refractivity contribution in [2.45, 2.75) is 13.0 Å². The Hall–Kier alpha value is -0.780. The van der Waals surface area contributed by atoms with Crippen LogP contribution in [0.2, 0.25) is 0 Å². The van der Waals surface area contributed by atoms with Gasteiger partial charge < -0.3 is 9.47 Å². The van der Waals surface area contributed by atoms with Gasteiger partial charge in [-0.2, -0.15) is 0 Å². The third-order valence-electron chi connectivity index (χ3n) is 2.46. The second-order valence-electron chi connectivity index (χ2n) is 4.18. The predicted molar refractivity (Wildman–Crippen MR) is 70.3 cm³/mol.